The molecule has 0 aromatic heterocycles. The first kappa shape index (κ1) is 18.7. The third-order valence-corrected chi connectivity index (χ3v) is 4.33. The van der Waals surface area contributed by atoms with Crippen molar-refractivity contribution in [1.82, 2.24) is 0 Å². The first-order chi connectivity index (χ1) is 10.5. The third kappa shape index (κ3) is 3.87. The Bertz CT molecular complexity index is 370. The lowest BCUT2D eigenvalue weighted by atomic mass is 9.56. The van der Waals surface area contributed by atoms with Crippen LogP contribution in [0.5, 0.6) is 0 Å². The van der Waals surface area contributed by atoms with Gasteiger partial charge in [0.05, 0.1) is 13.2 Å². The van der Waals surface area contributed by atoms with Gasteiger partial charge in [-0.3, -0.25) is 14.4 Å². The van der Waals surface area contributed by atoms with Crippen LogP contribution in [0.3, 0.4) is 0 Å². The Morgan fingerprint density at radius 2 is 1.32 bits per heavy atom. The van der Waals surface area contributed by atoms with E-state index in [1.807, 2.05) is 13.8 Å². The first-order valence-electron chi connectivity index (χ1n) is 8.40. The molecule has 1 aliphatic carbocycles. The molecule has 0 spiro atoms. The summed E-state index contributed by atoms with van der Waals surface area (Å²) in [5.74, 6) is -2.61. The molecule has 5 nitrogen and oxygen atoms in total. The van der Waals surface area contributed by atoms with Crippen LogP contribution in [0.2, 0.25) is 0 Å². The maximum Gasteiger partial charge on any atom is 0.320 e. The molecule has 0 N–H and O–H groups in total. The predicted molar refractivity (Wildman–Crippen MR) is 82.0 cm³/mol. The quantitative estimate of drug-likeness (QED) is 0.483. The van der Waals surface area contributed by atoms with E-state index in [0.717, 1.165) is 12.8 Å². The molecule has 0 aliphatic heterocycles. The maximum absolute atomic E-state index is 12.3. The van der Waals surface area contributed by atoms with Gasteiger partial charge in [0, 0.05) is 17.8 Å². The molecule has 0 saturated heterocycles. The van der Waals surface area contributed by atoms with E-state index in [1.165, 1.54) is 0 Å². The summed E-state index contributed by atoms with van der Waals surface area (Å²) in [5.41, 5.74) is 0. The Morgan fingerprint density at radius 1 is 0.909 bits per heavy atom. The largest absolute Gasteiger partial charge is 0.465 e. The summed E-state index contributed by atoms with van der Waals surface area (Å²) in [6.45, 7) is 7.85. The Morgan fingerprint density at radius 3 is 1.64 bits per heavy atom. The zero-order valence-corrected chi connectivity index (χ0v) is 14.1. The molecule has 1 rings (SSSR count). The molecule has 2 unspecified atom stereocenters. The molecule has 0 radical (unpaired) electrons. The van der Waals surface area contributed by atoms with E-state index in [0.29, 0.717) is 12.8 Å². The molecule has 0 amide bonds. The van der Waals surface area contributed by atoms with Crippen LogP contribution in [0.4, 0.5) is 0 Å². The molecule has 5 heteroatoms. The molecule has 0 aromatic rings. The monoisotopic (exact) mass is 312 g/mol. The standard InChI is InChI=1S/C17H28O5/c1-5-9-11-13(12(10-6-2)15(11)18)14(16(19)21-7-3)17(20)22-8-4/h11-14H,5-10H2,1-4H3. The lowest BCUT2D eigenvalue weighted by Gasteiger charge is -2.45. The van der Waals surface area contributed by atoms with E-state index in [4.69, 9.17) is 9.47 Å². The lowest BCUT2D eigenvalue weighted by Crippen LogP contribution is -2.55. The number of hydrogen-bond donors (Lipinski definition) is 0. The Kier molecular flexibility index (Phi) is 7.56. The van der Waals surface area contributed by atoms with Gasteiger partial charge in [0.1, 0.15) is 5.78 Å². The summed E-state index contributed by atoms with van der Waals surface area (Å²) in [4.78, 5) is 36.8. The first-order valence-corrected chi connectivity index (χ1v) is 8.40. The number of hydrogen-bond acceptors (Lipinski definition) is 5. The van der Waals surface area contributed by atoms with Gasteiger partial charge in [0.2, 0.25) is 0 Å². The number of ketones is 1. The van der Waals surface area contributed by atoms with Gasteiger partial charge in [0.15, 0.2) is 5.92 Å². The number of Topliss-reactive ketones (excluding diaryl/α,β-unsaturated/α-hetero) is 1. The highest BCUT2D eigenvalue weighted by Crippen LogP contribution is 2.47. The zero-order chi connectivity index (χ0) is 16.7. The minimum atomic E-state index is -0.967. The predicted octanol–water partition coefficient (Wildman–Crippen LogP) is 2.76. The third-order valence-electron chi connectivity index (χ3n) is 4.33. The van der Waals surface area contributed by atoms with Gasteiger partial charge in [-0.25, -0.2) is 0 Å². The van der Waals surface area contributed by atoms with Crippen molar-refractivity contribution in [1.29, 1.82) is 0 Å². The van der Waals surface area contributed by atoms with Gasteiger partial charge in [0.25, 0.3) is 0 Å². The van der Waals surface area contributed by atoms with Crippen molar-refractivity contribution in [3.8, 4) is 0 Å². The zero-order valence-electron chi connectivity index (χ0n) is 14.1. The van der Waals surface area contributed by atoms with Crippen molar-refractivity contribution in [2.75, 3.05) is 13.2 Å². The molecule has 22 heavy (non-hydrogen) atoms. The number of rotatable bonds is 9. The van der Waals surface area contributed by atoms with Crippen LogP contribution in [-0.2, 0) is 23.9 Å². The summed E-state index contributed by atoms with van der Waals surface area (Å²) in [5, 5.41) is 0. The number of ether oxygens (including phenoxy) is 2. The van der Waals surface area contributed by atoms with Crippen LogP contribution in [0.25, 0.3) is 0 Å². The van der Waals surface area contributed by atoms with Gasteiger partial charge < -0.3 is 9.47 Å². The van der Waals surface area contributed by atoms with Crippen LogP contribution in [0.15, 0.2) is 0 Å². The molecule has 1 fully saturated rings. The minimum Gasteiger partial charge on any atom is -0.465 e. The second-order valence-electron chi connectivity index (χ2n) is 5.75. The minimum absolute atomic E-state index is 0.187. The highest BCUT2D eigenvalue weighted by molar-refractivity contribution is 6.00. The van der Waals surface area contributed by atoms with Gasteiger partial charge in [-0.05, 0) is 26.7 Å². The van der Waals surface area contributed by atoms with Crippen molar-refractivity contribution in [3.05, 3.63) is 0 Å². The second-order valence-corrected chi connectivity index (χ2v) is 5.75. The molecule has 0 aromatic carbocycles. The van der Waals surface area contributed by atoms with Crippen molar-refractivity contribution < 1.29 is 23.9 Å². The number of carbonyl (C=O) groups is 3. The van der Waals surface area contributed by atoms with E-state index in [-0.39, 0.29) is 36.8 Å². The number of esters is 2. The van der Waals surface area contributed by atoms with Crippen molar-refractivity contribution in [2.24, 2.45) is 23.7 Å². The summed E-state index contributed by atoms with van der Waals surface area (Å²) < 4.78 is 10.1. The highest BCUT2D eigenvalue weighted by atomic mass is 16.6. The summed E-state index contributed by atoms with van der Waals surface area (Å²) in [6.07, 6.45) is 3.12. The van der Waals surface area contributed by atoms with Crippen LogP contribution >= 0.6 is 0 Å². The lowest BCUT2D eigenvalue weighted by molar-refractivity contribution is -0.174. The van der Waals surface area contributed by atoms with Gasteiger partial charge in [-0.2, -0.15) is 0 Å². The molecule has 2 atom stereocenters. The maximum atomic E-state index is 12.3. The second kappa shape index (κ2) is 8.91. The topological polar surface area (TPSA) is 69.7 Å². The molecule has 0 heterocycles. The Labute approximate surface area is 132 Å². The van der Waals surface area contributed by atoms with Crippen LogP contribution in [0, 0.1) is 23.7 Å². The van der Waals surface area contributed by atoms with E-state index >= 15 is 0 Å². The average molecular weight is 312 g/mol. The molecule has 0 bridgehead atoms. The van der Waals surface area contributed by atoms with Crippen LogP contribution in [-0.4, -0.2) is 30.9 Å². The number of carbonyl (C=O) groups excluding carboxylic acids is 3. The molecule has 1 saturated carbocycles. The normalized spacial score (nSPS) is 24.0. The van der Waals surface area contributed by atoms with Gasteiger partial charge >= 0.3 is 11.9 Å². The van der Waals surface area contributed by atoms with Crippen molar-refractivity contribution >= 4 is 17.7 Å². The SMILES string of the molecule is CCCC1C(=O)C(CCC)C1C(C(=O)OCC)C(=O)OCC. The van der Waals surface area contributed by atoms with Gasteiger partial charge in [-0.1, -0.05) is 26.7 Å². The van der Waals surface area contributed by atoms with Crippen molar-refractivity contribution in [2.45, 2.75) is 53.4 Å². The van der Waals surface area contributed by atoms with Crippen molar-refractivity contribution in [3.63, 3.8) is 0 Å². The fourth-order valence-corrected chi connectivity index (χ4v) is 3.45. The highest BCUT2D eigenvalue weighted by Gasteiger charge is 2.56. The molecule has 126 valence electrons. The van der Waals surface area contributed by atoms with E-state index in [1.54, 1.807) is 13.8 Å². The van der Waals surface area contributed by atoms with E-state index < -0.39 is 17.9 Å². The summed E-state index contributed by atoms with van der Waals surface area (Å²) in [7, 11) is 0. The molecular formula is C17H28O5. The van der Waals surface area contributed by atoms with Crippen LogP contribution in [0.1, 0.15) is 53.4 Å². The van der Waals surface area contributed by atoms with Gasteiger partial charge in [-0.15, -0.1) is 0 Å². The fraction of sp³-hybridized carbons (Fsp3) is 0.824. The van der Waals surface area contributed by atoms with E-state index in [9.17, 15) is 14.4 Å². The Balaban J connectivity index is 3.03. The van der Waals surface area contributed by atoms with Crippen LogP contribution < -0.4 is 0 Å². The summed E-state index contributed by atoms with van der Waals surface area (Å²) >= 11 is 0. The summed E-state index contributed by atoms with van der Waals surface area (Å²) in [6, 6.07) is 0. The molecule has 1 aliphatic rings. The van der Waals surface area contributed by atoms with E-state index in [2.05, 4.69) is 0 Å². The Hall–Kier alpha value is -1.39. The molecular weight excluding hydrogens is 284 g/mol. The smallest absolute Gasteiger partial charge is 0.320 e. The average Bonchev–Trinajstić information content (AvgIpc) is 2.49. The fourth-order valence-electron chi connectivity index (χ4n) is 3.45.